The van der Waals surface area contributed by atoms with E-state index in [1.54, 1.807) is 56.3 Å². The smallest absolute Gasteiger partial charge is 0.321 e. The van der Waals surface area contributed by atoms with Crippen LogP contribution in [0, 0.1) is 20.8 Å². The van der Waals surface area contributed by atoms with Gasteiger partial charge in [0.25, 0.3) is 0 Å². The Hall–Kier alpha value is -3.79. The van der Waals surface area contributed by atoms with Gasteiger partial charge in [0.2, 0.25) is 10.0 Å². The fourth-order valence-electron chi connectivity index (χ4n) is 4.77. The van der Waals surface area contributed by atoms with E-state index in [0.717, 1.165) is 32.8 Å². The third-order valence-electron chi connectivity index (χ3n) is 6.66. The Labute approximate surface area is 242 Å². The van der Waals surface area contributed by atoms with Gasteiger partial charge in [-0.2, -0.15) is 4.31 Å². The molecule has 7 nitrogen and oxygen atoms in total. The first-order valence-corrected chi connectivity index (χ1v) is 16.3. The van der Waals surface area contributed by atoms with E-state index in [9.17, 15) is 21.6 Å². The molecule has 214 valence electrons. The summed E-state index contributed by atoms with van der Waals surface area (Å²) in [4.78, 5) is 13.3. The maximum absolute atomic E-state index is 14.0. The highest BCUT2D eigenvalue weighted by atomic mass is 32.2. The monoisotopic (exact) mass is 591 g/mol. The van der Waals surface area contributed by atoms with E-state index in [4.69, 9.17) is 4.74 Å². The fourth-order valence-corrected chi connectivity index (χ4v) is 7.22. The summed E-state index contributed by atoms with van der Waals surface area (Å²) in [5.74, 6) is -0.658. The molecule has 41 heavy (non-hydrogen) atoms. The summed E-state index contributed by atoms with van der Waals surface area (Å²) in [6, 6.07) is 26.6. The van der Waals surface area contributed by atoms with Gasteiger partial charge >= 0.3 is 5.97 Å². The number of rotatable bonds is 10. The van der Waals surface area contributed by atoms with E-state index in [1.165, 1.54) is 0 Å². The topological polar surface area (TPSA) is 97.8 Å². The normalized spacial score (nSPS) is 11.9. The summed E-state index contributed by atoms with van der Waals surface area (Å²) >= 11 is 0. The van der Waals surface area contributed by atoms with Crippen LogP contribution in [0.4, 0.5) is 0 Å². The SMILES string of the molecule is Cc1cc(C)c(S(=O)(=O)N(CC(=O)OCc2ccccc2)Cc2ccc(-c3cccc(S(C)(=O)=O)c3)cc2)c(C)c1. The first kappa shape index (κ1) is 30.2. The maximum Gasteiger partial charge on any atom is 0.321 e. The van der Waals surface area contributed by atoms with Crippen LogP contribution in [0.1, 0.15) is 27.8 Å². The molecule has 4 aromatic rings. The molecule has 9 heteroatoms. The van der Waals surface area contributed by atoms with E-state index in [0.29, 0.717) is 16.7 Å². The Bertz CT molecular complexity index is 1740. The van der Waals surface area contributed by atoms with Crippen LogP contribution < -0.4 is 0 Å². The van der Waals surface area contributed by atoms with Crippen molar-refractivity contribution in [3.63, 3.8) is 0 Å². The molecule has 0 aliphatic heterocycles. The van der Waals surface area contributed by atoms with Crippen molar-refractivity contribution in [1.29, 1.82) is 0 Å². The van der Waals surface area contributed by atoms with Gasteiger partial charge in [0.05, 0.1) is 9.79 Å². The van der Waals surface area contributed by atoms with Crippen molar-refractivity contribution >= 4 is 25.8 Å². The molecule has 0 amide bonds. The zero-order valence-corrected chi connectivity index (χ0v) is 25.1. The summed E-state index contributed by atoms with van der Waals surface area (Å²) in [5.41, 5.74) is 5.12. The molecule has 4 aromatic carbocycles. The number of hydrogen-bond donors (Lipinski definition) is 0. The Balaban J connectivity index is 1.63. The average Bonchev–Trinajstić information content (AvgIpc) is 2.91. The molecular weight excluding hydrogens is 558 g/mol. The van der Waals surface area contributed by atoms with Crippen molar-refractivity contribution in [3.05, 3.63) is 119 Å². The van der Waals surface area contributed by atoms with Crippen LogP contribution in [-0.4, -0.2) is 39.9 Å². The molecule has 0 aliphatic carbocycles. The zero-order valence-electron chi connectivity index (χ0n) is 23.5. The molecule has 0 heterocycles. The molecule has 0 atom stereocenters. The zero-order chi connectivity index (χ0) is 29.8. The van der Waals surface area contributed by atoms with Gasteiger partial charge in [-0.1, -0.05) is 84.4 Å². The Kier molecular flexibility index (Phi) is 9.11. The van der Waals surface area contributed by atoms with E-state index >= 15 is 0 Å². The quantitative estimate of drug-likeness (QED) is 0.222. The maximum atomic E-state index is 14.0. The van der Waals surface area contributed by atoms with Crippen LogP contribution in [0.25, 0.3) is 11.1 Å². The highest BCUT2D eigenvalue weighted by Crippen LogP contribution is 2.28. The minimum absolute atomic E-state index is 0.0391. The number of aryl methyl sites for hydroxylation is 3. The molecular formula is C32H33NO6S2. The second-order valence-electron chi connectivity index (χ2n) is 10.1. The number of esters is 1. The molecule has 0 radical (unpaired) electrons. The van der Waals surface area contributed by atoms with Crippen LogP contribution in [-0.2, 0) is 42.5 Å². The Morgan fingerprint density at radius 3 is 1.98 bits per heavy atom. The van der Waals surface area contributed by atoms with Crippen molar-refractivity contribution in [2.24, 2.45) is 0 Å². The molecule has 0 N–H and O–H groups in total. The third kappa shape index (κ3) is 7.49. The van der Waals surface area contributed by atoms with Gasteiger partial charge in [0.1, 0.15) is 13.2 Å². The predicted octanol–water partition coefficient (Wildman–Crippen LogP) is 5.62. The molecule has 0 saturated heterocycles. The highest BCUT2D eigenvalue weighted by molar-refractivity contribution is 7.90. The first-order chi connectivity index (χ1) is 19.3. The number of sulfone groups is 1. The summed E-state index contributed by atoms with van der Waals surface area (Å²) in [6.45, 7) is 4.93. The predicted molar refractivity (Wildman–Crippen MR) is 159 cm³/mol. The fraction of sp³-hybridized carbons (Fsp3) is 0.219. The van der Waals surface area contributed by atoms with E-state index in [1.807, 2.05) is 55.5 Å². The van der Waals surface area contributed by atoms with Gasteiger partial charge in [-0.05, 0) is 66.3 Å². The lowest BCUT2D eigenvalue weighted by atomic mass is 10.0. The molecule has 0 unspecified atom stereocenters. The van der Waals surface area contributed by atoms with Gasteiger partial charge in [-0.15, -0.1) is 0 Å². The van der Waals surface area contributed by atoms with Gasteiger partial charge in [-0.25, -0.2) is 16.8 Å². The standard InChI is InChI=1S/C32H33NO6S2/c1-23-17-24(2)32(25(3)18-23)41(37,38)33(21-31(34)39-22-27-9-6-5-7-10-27)20-26-13-15-28(16-14-26)29-11-8-12-30(19-29)40(4,35)36/h5-19H,20-22H2,1-4H3. The third-order valence-corrected chi connectivity index (χ3v) is 9.87. The van der Waals surface area contributed by atoms with Crippen molar-refractivity contribution in [1.82, 2.24) is 4.31 Å². The number of hydrogen-bond acceptors (Lipinski definition) is 6. The number of sulfonamides is 1. The second kappa shape index (κ2) is 12.4. The van der Waals surface area contributed by atoms with E-state index < -0.39 is 32.4 Å². The lowest BCUT2D eigenvalue weighted by Gasteiger charge is -2.24. The lowest BCUT2D eigenvalue weighted by Crippen LogP contribution is -2.36. The van der Waals surface area contributed by atoms with Gasteiger partial charge in [0, 0.05) is 12.8 Å². The van der Waals surface area contributed by atoms with Crippen molar-refractivity contribution in [3.8, 4) is 11.1 Å². The van der Waals surface area contributed by atoms with Crippen molar-refractivity contribution in [2.45, 2.75) is 43.7 Å². The summed E-state index contributed by atoms with van der Waals surface area (Å²) in [5, 5.41) is 0. The van der Waals surface area contributed by atoms with E-state index in [2.05, 4.69) is 0 Å². The number of carbonyl (C=O) groups excluding carboxylic acids is 1. The Morgan fingerprint density at radius 2 is 1.37 bits per heavy atom. The van der Waals surface area contributed by atoms with Crippen LogP contribution in [0.5, 0.6) is 0 Å². The van der Waals surface area contributed by atoms with E-state index in [-0.39, 0.29) is 22.9 Å². The molecule has 4 rings (SSSR count). The number of nitrogens with zero attached hydrogens (tertiary/aromatic N) is 1. The van der Waals surface area contributed by atoms with Crippen molar-refractivity contribution < 1.29 is 26.4 Å². The number of ether oxygens (including phenoxy) is 1. The van der Waals surface area contributed by atoms with Crippen molar-refractivity contribution in [2.75, 3.05) is 12.8 Å². The van der Waals surface area contributed by atoms with Crippen LogP contribution in [0.3, 0.4) is 0 Å². The summed E-state index contributed by atoms with van der Waals surface area (Å²) in [7, 11) is -7.44. The largest absolute Gasteiger partial charge is 0.460 e. The molecule has 0 aliphatic rings. The van der Waals surface area contributed by atoms with Crippen LogP contribution in [0.15, 0.2) is 101 Å². The van der Waals surface area contributed by atoms with Gasteiger partial charge < -0.3 is 4.74 Å². The first-order valence-electron chi connectivity index (χ1n) is 13.0. The van der Waals surface area contributed by atoms with Gasteiger partial charge in [0.15, 0.2) is 9.84 Å². The summed E-state index contributed by atoms with van der Waals surface area (Å²) < 4.78 is 58.5. The molecule has 0 saturated carbocycles. The minimum atomic E-state index is -4.07. The number of benzene rings is 4. The Morgan fingerprint density at radius 1 is 0.732 bits per heavy atom. The molecule has 0 aromatic heterocycles. The minimum Gasteiger partial charge on any atom is -0.460 e. The highest BCUT2D eigenvalue weighted by Gasteiger charge is 2.30. The molecule has 0 bridgehead atoms. The molecule has 0 spiro atoms. The summed E-state index contributed by atoms with van der Waals surface area (Å²) in [6.07, 6.45) is 1.16. The van der Waals surface area contributed by atoms with Gasteiger partial charge in [-0.3, -0.25) is 4.79 Å². The molecule has 0 fully saturated rings. The van der Waals surface area contributed by atoms with Crippen LogP contribution >= 0.6 is 0 Å². The second-order valence-corrected chi connectivity index (χ2v) is 14.0. The van der Waals surface area contributed by atoms with Crippen LogP contribution in [0.2, 0.25) is 0 Å². The lowest BCUT2D eigenvalue weighted by molar-refractivity contribution is -0.145. The number of carbonyl (C=O) groups is 1. The average molecular weight is 592 g/mol.